The molecule has 0 radical (unpaired) electrons. The van der Waals surface area contributed by atoms with Gasteiger partial charge in [0, 0.05) is 12.1 Å². The fourth-order valence-electron chi connectivity index (χ4n) is 2.62. The van der Waals surface area contributed by atoms with Gasteiger partial charge in [-0.15, -0.1) is 0 Å². The molecule has 3 N–H and O–H groups in total. The van der Waals surface area contributed by atoms with Crippen molar-refractivity contribution in [2.24, 2.45) is 5.73 Å². The number of H-pyrrole nitrogens is 1. The summed E-state index contributed by atoms with van der Waals surface area (Å²) in [6.07, 6.45) is 1.75. The third-order valence-electron chi connectivity index (χ3n) is 3.72. The second-order valence-electron chi connectivity index (χ2n) is 4.99. The molecule has 0 saturated heterocycles. The Bertz CT molecular complexity index is 622. The predicted molar refractivity (Wildman–Crippen MR) is 84.4 cm³/mol. The Morgan fingerprint density at radius 3 is 2.55 bits per heavy atom. The number of ether oxygens (including phenoxy) is 1. The molecule has 0 aliphatic carbocycles. The van der Waals surface area contributed by atoms with Gasteiger partial charge in [-0.3, -0.25) is 0 Å². The molecule has 1 heterocycles. The second-order valence-corrected chi connectivity index (χ2v) is 5.84. The molecule has 108 valence electrons. The summed E-state index contributed by atoms with van der Waals surface area (Å²) in [4.78, 5) is 7.60. The van der Waals surface area contributed by atoms with Gasteiger partial charge in [0.05, 0.1) is 19.2 Å². The van der Waals surface area contributed by atoms with E-state index in [2.05, 4.69) is 52.7 Å². The van der Waals surface area contributed by atoms with Gasteiger partial charge in [0.25, 0.3) is 0 Å². The predicted octanol–water partition coefficient (Wildman–Crippen LogP) is 3.20. The number of rotatable bonds is 4. The summed E-state index contributed by atoms with van der Waals surface area (Å²) in [6, 6.07) is 2.17. The molecule has 4 nitrogen and oxygen atoms in total. The SMILES string of the molecule is COc1c(C)c(C)cc(C)c1C(CN)c1ncc(Br)[nH]1. The van der Waals surface area contributed by atoms with Crippen LogP contribution in [0.15, 0.2) is 16.9 Å². The molecule has 0 bridgehead atoms. The van der Waals surface area contributed by atoms with Crippen LogP contribution in [-0.2, 0) is 0 Å². The molecular weight excluding hydrogens is 318 g/mol. The first-order valence-electron chi connectivity index (χ1n) is 6.54. The van der Waals surface area contributed by atoms with Gasteiger partial charge >= 0.3 is 0 Å². The van der Waals surface area contributed by atoms with Gasteiger partial charge in [-0.05, 0) is 53.4 Å². The van der Waals surface area contributed by atoms with Crippen molar-refractivity contribution in [1.82, 2.24) is 9.97 Å². The maximum absolute atomic E-state index is 6.00. The van der Waals surface area contributed by atoms with Crippen LogP contribution in [0.25, 0.3) is 0 Å². The largest absolute Gasteiger partial charge is 0.496 e. The van der Waals surface area contributed by atoms with Gasteiger partial charge in [-0.1, -0.05) is 6.07 Å². The molecule has 1 aromatic carbocycles. The molecule has 0 spiro atoms. The van der Waals surface area contributed by atoms with E-state index >= 15 is 0 Å². The van der Waals surface area contributed by atoms with E-state index in [1.54, 1.807) is 13.3 Å². The average molecular weight is 338 g/mol. The van der Waals surface area contributed by atoms with Crippen LogP contribution in [0.2, 0.25) is 0 Å². The highest BCUT2D eigenvalue weighted by Crippen LogP contribution is 2.37. The third kappa shape index (κ3) is 2.60. The Hall–Kier alpha value is -1.33. The van der Waals surface area contributed by atoms with E-state index in [1.807, 2.05) is 0 Å². The molecule has 0 aliphatic heterocycles. The number of imidazole rings is 1. The van der Waals surface area contributed by atoms with E-state index in [-0.39, 0.29) is 5.92 Å². The number of hydrogen-bond donors (Lipinski definition) is 2. The molecule has 2 rings (SSSR count). The number of aryl methyl sites for hydroxylation is 2. The van der Waals surface area contributed by atoms with Crippen molar-refractivity contribution in [3.8, 4) is 5.75 Å². The maximum Gasteiger partial charge on any atom is 0.126 e. The lowest BCUT2D eigenvalue weighted by atomic mass is 9.89. The van der Waals surface area contributed by atoms with Crippen molar-refractivity contribution >= 4 is 15.9 Å². The number of halogens is 1. The Kier molecular flexibility index (Phi) is 4.50. The van der Waals surface area contributed by atoms with Crippen molar-refractivity contribution in [2.75, 3.05) is 13.7 Å². The number of aromatic amines is 1. The normalized spacial score (nSPS) is 12.5. The van der Waals surface area contributed by atoms with Gasteiger partial charge in [0.1, 0.15) is 16.2 Å². The minimum absolute atomic E-state index is 0.00412. The van der Waals surface area contributed by atoms with Crippen LogP contribution in [-0.4, -0.2) is 23.6 Å². The summed E-state index contributed by atoms with van der Waals surface area (Å²) in [5, 5.41) is 0. The first kappa shape index (κ1) is 15.1. The van der Waals surface area contributed by atoms with E-state index in [4.69, 9.17) is 10.5 Å². The molecule has 0 fully saturated rings. The van der Waals surface area contributed by atoms with E-state index in [0.29, 0.717) is 6.54 Å². The monoisotopic (exact) mass is 337 g/mol. The highest BCUT2D eigenvalue weighted by Gasteiger charge is 2.23. The zero-order chi connectivity index (χ0) is 14.9. The zero-order valence-corrected chi connectivity index (χ0v) is 13.8. The number of hydrogen-bond acceptors (Lipinski definition) is 3. The van der Waals surface area contributed by atoms with Crippen LogP contribution in [0.5, 0.6) is 5.75 Å². The number of methoxy groups -OCH3 is 1. The average Bonchev–Trinajstić information content (AvgIpc) is 2.83. The topological polar surface area (TPSA) is 63.9 Å². The zero-order valence-electron chi connectivity index (χ0n) is 12.2. The Morgan fingerprint density at radius 1 is 1.35 bits per heavy atom. The molecule has 0 aliphatic rings. The lowest BCUT2D eigenvalue weighted by Gasteiger charge is -2.22. The van der Waals surface area contributed by atoms with Crippen LogP contribution in [0, 0.1) is 20.8 Å². The maximum atomic E-state index is 6.00. The summed E-state index contributed by atoms with van der Waals surface area (Å²) < 4.78 is 6.49. The highest BCUT2D eigenvalue weighted by molar-refractivity contribution is 9.10. The van der Waals surface area contributed by atoms with E-state index in [0.717, 1.165) is 27.3 Å². The van der Waals surface area contributed by atoms with Crippen molar-refractivity contribution in [1.29, 1.82) is 0 Å². The fourth-order valence-corrected chi connectivity index (χ4v) is 2.93. The van der Waals surface area contributed by atoms with Crippen molar-refractivity contribution in [2.45, 2.75) is 26.7 Å². The molecule has 2 aromatic rings. The summed E-state index contributed by atoms with van der Waals surface area (Å²) in [5.74, 6) is 1.75. The molecule has 20 heavy (non-hydrogen) atoms. The number of benzene rings is 1. The third-order valence-corrected chi connectivity index (χ3v) is 4.12. The van der Waals surface area contributed by atoms with Crippen molar-refractivity contribution in [3.63, 3.8) is 0 Å². The molecule has 0 amide bonds. The minimum Gasteiger partial charge on any atom is -0.496 e. The first-order valence-corrected chi connectivity index (χ1v) is 7.34. The Balaban J connectivity index is 2.63. The summed E-state index contributed by atoms with van der Waals surface area (Å²) in [6.45, 7) is 6.73. The summed E-state index contributed by atoms with van der Waals surface area (Å²) in [7, 11) is 1.70. The number of nitrogens with zero attached hydrogens (tertiary/aromatic N) is 1. The van der Waals surface area contributed by atoms with Crippen LogP contribution < -0.4 is 10.5 Å². The lowest BCUT2D eigenvalue weighted by Crippen LogP contribution is -2.18. The Morgan fingerprint density at radius 2 is 2.05 bits per heavy atom. The summed E-state index contributed by atoms with van der Waals surface area (Å²) in [5.41, 5.74) is 10.7. The molecule has 0 saturated carbocycles. The van der Waals surface area contributed by atoms with Crippen LogP contribution in [0.4, 0.5) is 0 Å². The van der Waals surface area contributed by atoms with Gasteiger partial charge in [0.2, 0.25) is 0 Å². The fraction of sp³-hybridized carbons (Fsp3) is 0.400. The number of aromatic nitrogens is 2. The number of nitrogens with one attached hydrogen (secondary N) is 1. The number of nitrogens with two attached hydrogens (primary N) is 1. The van der Waals surface area contributed by atoms with Gasteiger partial charge in [0.15, 0.2) is 0 Å². The van der Waals surface area contributed by atoms with Gasteiger partial charge < -0.3 is 15.5 Å². The van der Waals surface area contributed by atoms with Crippen molar-refractivity contribution in [3.05, 3.63) is 44.9 Å². The minimum atomic E-state index is -0.00412. The van der Waals surface area contributed by atoms with Crippen molar-refractivity contribution < 1.29 is 4.74 Å². The molecule has 1 aromatic heterocycles. The highest BCUT2D eigenvalue weighted by atomic mass is 79.9. The second kappa shape index (κ2) is 5.97. The van der Waals surface area contributed by atoms with E-state index < -0.39 is 0 Å². The lowest BCUT2D eigenvalue weighted by molar-refractivity contribution is 0.403. The Labute approximate surface area is 127 Å². The summed E-state index contributed by atoms with van der Waals surface area (Å²) >= 11 is 3.39. The van der Waals surface area contributed by atoms with E-state index in [1.165, 1.54) is 11.1 Å². The smallest absolute Gasteiger partial charge is 0.126 e. The quantitative estimate of drug-likeness (QED) is 0.900. The molecule has 5 heteroatoms. The van der Waals surface area contributed by atoms with Crippen LogP contribution in [0.3, 0.4) is 0 Å². The first-order chi connectivity index (χ1) is 9.49. The molecule has 1 atom stereocenters. The van der Waals surface area contributed by atoms with E-state index in [9.17, 15) is 0 Å². The molecular formula is C15H20BrN3O. The standard InChI is InChI=1S/C15H20BrN3O/c1-8-5-9(2)13(14(20-4)10(8)3)11(6-17)15-18-7-12(16)19-15/h5,7,11H,6,17H2,1-4H3,(H,18,19). The van der Waals surface area contributed by atoms with Crippen LogP contribution >= 0.6 is 15.9 Å². The van der Waals surface area contributed by atoms with Crippen LogP contribution in [0.1, 0.15) is 34.0 Å². The van der Waals surface area contributed by atoms with Gasteiger partial charge in [-0.25, -0.2) is 4.98 Å². The van der Waals surface area contributed by atoms with Gasteiger partial charge in [-0.2, -0.15) is 0 Å². The molecule has 1 unspecified atom stereocenters.